The zero-order valence-electron chi connectivity index (χ0n) is 12.4. The molecule has 0 unspecified atom stereocenters. The van der Waals surface area contributed by atoms with Gasteiger partial charge in [-0.05, 0) is 35.4 Å². The second-order valence-electron chi connectivity index (χ2n) is 4.58. The number of hydrogen-bond acceptors (Lipinski definition) is 5. The summed E-state index contributed by atoms with van der Waals surface area (Å²) in [6, 6.07) is 18.1. The zero-order chi connectivity index (χ0) is 16.7. The van der Waals surface area contributed by atoms with Gasteiger partial charge in [0, 0.05) is 11.9 Å². The molecule has 0 heterocycles. The molecule has 0 saturated carbocycles. The highest BCUT2D eigenvalue weighted by molar-refractivity contribution is 5.91. The molecular formula is C18H13N3O2. The molecule has 2 aromatic rings. The minimum atomic E-state index is -0.379. The molecule has 2 aromatic carbocycles. The van der Waals surface area contributed by atoms with Gasteiger partial charge in [0.1, 0.15) is 17.7 Å². The Morgan fingerprint density at radius 1 is 1.09 bits per heavy atom. The highest BCUT2D eigenvalue weighted by Crippen LogP contribution is 2.22. The molecule has 0 aliphatic heterocycles. The predicted octanol–water partition coefficient (Wildman–Crippen LogP) is 3.48. The summed E-state index contributed by atoms with van der Waals surface area (Å²) in [7, 11) is 1.35. The minimum absolute atomic E-state index is 0.000134. The fourth-order valence-corrected chi connectivity index (χ4v) is 1.95. The number of carbonyl (C=O) groups excluding carboxylic acids is 1. The molecule has 0 bridgehead atoms. The summed E-state index contributed by atoms with van der Waals surface area (Å²) < 4.78 is 4.71. The Morgan fingerprint density at radius 3 is 2.39 bits per heavy atom. The SMILES string of the molecule is COC(=O)c1cccc(-c2ccc(NC=C(C#N)C#N)cc2)c1. The van der Waals surface area contributed by atoms with Crippen LogP contribution in [0.2, 0.25) is 0 Å². The van der Waals surface area contributed by atoms with Crippen LogP contribution >= 0.6 is 0 Å². The largest absolute Gasteiger partial charge is 0.465 e. The Kier molecular flexibility index (Phi) is 5.12. The van der Waals surface area contributed by atoms with Gasteiger partial charge in [0.05, 0.1) is 12.7 Å². The number of nitriles is 2. The molecule has 0 aliphatic rings. The van der Waals surface area contributed by atoms with Gasteiger partial charge in [0.2, 0.25) is 0 Å². The number of benzene rings is 2. The molecule has 0 spiro atoms. The summed E-state index contributed by atoms with van der Waals surface area (Å²) in [5, 5.41) is 20.2. The number of nitrogens with one attached hydrogen (secondary N) is 1. The third-order valence-corrected chi connectivity index (χ3v) is 3.13. The highest BCUT2D eigenvalue weighted by Gasteiger charge is 2.06. The first-order valence-electron chi connectivity index (χ1n) is 6.73. The lowest BCUT2D eigenvalue weighted by atomic mass is 10.0. The molecule has 1 N–H and O–H groups in total. The second-order valence-corrected chi connectivity index (χ2v) is 4.58. The molecule has 0 aromatic heterocycles. The van der Waals surface area contributed by atoms with Gasteiger partial charge in [-0.1, -0.05) is 24.3 Å². The molecule has 0 aliphatic carbocycles. The van der Waals surface area contributed by atoms with Crippen LogP contribution < -0.4 is 5.32 Å². The Labute approximate surface area is 134 Å². The number of hydrogen-bond donors (Lipinski definition) is 1. The number of rotatable bonds is 4. The molecule has 23 heavy (non-hydrogen) atoms. The van der Waals surface area contributed by atoms with E-state index in [0.717, 1.165) is 16.8 Å². The predicted molar refractivity (Wildman–Crippen MR) is 86.1 cm³/mol. The smallest absolute Gasteiger partial charge is 0.337 e. The summed E-state index contributed by atoms with van der Waals surface area (Å²) in [5.41, 5.74) is 3.07. The average molecular weight is 303 g/mol. The molecule has 112 valence electrons. The van der Waals surface area contributed by atoms with E-state index in [9.17, 15) is 4.79 Å². The van der Waals surface area contributed by atoms with Crippen LogP contribution in [0.1, 0.15) is 10.4 Å². The maximum absolute atomic E-state index is 11.6. The van der Waals surface area contributed by atoms with E-state index in [4.69, 9.17) is 15.3 Å². The molecule has 0 atom stereocenters. The second kappa shape index (κ2) is 7.44. The highest BCUT2D eigenvalue weighted by atomic mass is 16.5. The quantitative estimate of drug-likeness (QED) is 0.690. The van der Waals surface area contributed by atoms with E-state index in [1.165, 1.54) is 13.3 Å². The van der Waals surface area contributed by atoms with Crippen LogP contribution in [0.15, 0.2) is 60.3 Å². The van der Waals surface area contributed by atoms with Crippen molar-refractivity contribution in [3.63, 3.8) is 0 Å². The van der Waals surface area contributed by atoms with Crippen LogP contribution in [-0.4, -0.2) is 13.1 Å². The van der Waals surface area contributed by atoms with Gasteiger partial charge in [-0.15, -0.1) is 0 Å². The van der Waals surface area contributed by atoms with Crippen LogP contribution in [0.25, 0.3) is 11.1 Å². The topological polar surface area (TPSA) is 85.9 Å². The lowest BCUT2D eigenvalue weighted by Crippen LogP contribution is -2.00. The van der Waals surface area contributed by atoms with Gasteiger partial charge in [-0.2, -0.15) is 10.5 Å². The zero-order valence-corrected chi connectivity index (χ0v) is 12.4. The van der Waals surface area contributed by atoms with Crippen molar-refractivity contribution in [1.29, 1.82) is 10.5 Å². The molecule has 5 nitrogen and oxygen atoms in total. The first kappa shape index (κ1) is 15.8. The maximum Gasteiger partial charge on any atom is 0.337 e. The van der Waals surface area contributed by atoms with Crippen LogP contribution in [0, 0.1) is 22.7 Å². The number of methoxy groups -OCH3 is 1. The van der Waals surface area contributed by atoms with E-state index in [0.29, 0.717) is 5.56 Å². The van der Waals surface area contributed by atoms with Gasteiger partial charge in [-0.25, -0.2) is 4.79 Å². The third-order valence-electron chi connectivity index (χ3n) is 3.13. The Morgan fingerprint density at radius 2 is 1.78 bits per heavy atom. The first-order valence-corrected chi connectivity index (χ1v) is 6.73. The Bertz CT molecular complexity index is 809. The molecular weight excluding hydrogens is 290 g/mol. The molecule has 2 rings (SSSR count). The fraction of sp³-hybridized carbons (Fsp3) is 0.0556. The summed E-state index contributed by atoms with van der Waals surface area (Å²) in [6.07, 6.45) is 1.35. The Hall–Kier alpha value is -3.57. The van der Waals surface area contributed by atoms with Gasteiger partial charge in [0.15, 0.2) is 0 Å². The lowest BCUT2D eigenvalue weighted by Gasteiger charge is -2.06. The van der Waals surface area contributed by atoms with Crippen LogP contribution in [-0.2, 0) is 4.74 Å². The van der Waals surface area contributed by atoms with Crippen LogP contribution in [0.5, 0.6) is 0 Å². The van der Waals surface area contributed by atoms with Crippen molar-refractivity contribution >= 4 is 11.7 Å². The van der Waals surface area contributed by atoms with Crippen molar-refractivity contribution in [2.45, 2.75) is 0 Å². The van der Waals surface area contributed by atoms with E-state index < -0.39 is 0 Å². The lowest BCUT2D eigenvalue weighted by molar-refractivity contribution is 0.0601. The number of esters is 1. The third kappa shape index (κ3) is 3.96. The van der Waals surface area contributed by atoms with Crippen LogP contribution in [0.3, 0.4) is 0 Å². The van der Waals surface area contributed by atoms with Crippen molar-refractivity contribution in [1.82, 2.24) is 0 Å². The Balaban J connectivity index is 2.20. The standard InChI is InChI=1S/C18H13N3O2/c1-23-18(22)16-4-2-3-15(9-16)14-5-7-17(8-6-14)21-12-13(10-19)11-20/h2-9,12,21H,1H3. The van der Waals surface area contributed by atoms with Crippen molar-refractivity contribution < 1.29 is 9.53 Å². The summed E-state index contributed by atoms with van der Waals surface area (Å²) >= 11 is 0. The van der Waals surface area contributed by atoms with Crippen LogP contribution in [0.4, 0.5) is 5.69 Å². The van der Waals surface area contributed by atoms with Crippen molar-refractivity contribution in [3.8, 4) is 23.3 Å². The van der Waals surface area contributed by atoms with Gasteiger partial charge < -0.3 is 10.1 Å². The maximum atomic E-state index is 11.6. The van der Waals surface area contributed by atoms with E-state index >= 15 is 0 Å². The van der Waals surface area contributed by atoms with Gasteiger partial charge in [-0.3, -0.25) is 0 Å². The molecule has 0 fully saturated rings. The van der Waals surface area contributed by atoms with Crippen molar-refractivity contribution in [2.75, 3.05) is 12.4 Å². The van der Waals surface area contributed by atoms with E-state index in [-0.39, 0.29) is 11.5 Å². The van der Waals surface area contributed by atoms with Gasteiger partial charge in [0.25, 0.3) is 0 Å². The van der Waals surface area contributed by atoms with E-state index in [1.807, 2.05) is 30.3 Å². The van der Waals surface area contributed by atoms with Crippen molar-refractivity contribution in [3.05, 3.63) is 65.9 Å². The summed E-state index contributed by atoms with van der Waals surface area (Å²) in [6.45, 7) is 0. The monoisotopic (exact) mass is 303 g/mol. The number of ether oxygens (including phenoxy) is 1. The number of allylic oxidation sites excluding steroid dienone is 1. The summed E-state index contributed by atoms with van der Waals surface area (Å²) in [4.78, 5) is 11.6. The normalized spacial score (nSPS) is 9.17. The molecule has 0 amide bonds. The average Bonchev–Trinajstić information content (AvgIpc) is 2.62. The molecule has 0 radical (unpaired) electrons. The number of nitrogens with zero attached hydrogens (tertiary/aromatic N) is 2. The number of carbonyl (C=O) groups is 1. The van der Waals surface area contributed by atoms with Crippen molar-refractivity contribution in [2.24, 2.45) is 0 Å². The van der Waals surface area contributed by atoms with E-state index in [2.05, 4.69) is 5.32 Å². The summed E-state index contributed by atoms with van der Waals surface area (Å²) in [5.74, 6) is -0.379. The number of anilines is 1. The van der Waals surface area contributed by atoms with E-state index in [1.54, 1.807) is 30.3 Å². The fourth-order valence-electron chi connectivity index (χ4n) is 1.95. The van der Waals surface area contributed by atoms with Gasteiger partial charge >= 0.3 is 5.97 Å². The first-order chi connectivity index (χ1) is 11.2. The molecule has 5 heteroatoms. The minimum Gasteiger partial charge on any atom is -0.465 e. The molecule has 0 saturated heterocycles.